The van der Waals surface area contributed by atoms with Crippen molar-refractivity contribution < 1.29 is 19.7 Å². The van der Waals surface area contributed by atoms with Crippen LogP contribution in [-0.4, -0.2) is 41.4 Å². The van der Waals surface area contributed by atoms with E-state index in [1.54, 1.807) is 0 Å². The maximum Gasteiger partial charge on any atom is 0.169 e. The molecule has 1 aliphatic heterocycles. The second-order valence-electron chi connectivity index (χ2n) is 10.2. The van der Waals surface area contributed by atoms with Crippen LogP contribution in [-0.2, 0) is 9.47 Å². The van der Waals surface area contributed by atoms with Gasteiger partial charge in [0.1, 0.15) is 0 Å². The van der Waals surface area contributed by atoms with Gasteiger partial charge < -0.3 is 19.7 Å². The zero-order chi connectivity index (χ0) is 19.0. The highest BCUT2D eigenvalue weighted by Gasteiger charge is 2.63. The van der Waals surface area contributed by atoms with Crippen LogP contribution in [0.3, 0.4) is 0 Å². The van der Waals surface area contributed by atoms with Gasteiger partial charge in [-0.1, -0.05) is 37.1 Å². The molecule has 5 rings (SSSR count). The number of hydrogen-bond acceptors (Lipinski definition) is 4. The van der Waals surface area contributed by atoms with Crippen molar-refractivity contribution in [2.75, 3.05) is 13.2 Å². The Morgan fingerprint density at radius 2 is 1.78 bits per heavy atom. The van der Waals surface area contributed by atoms with Crippen LogP contribution >= 0.6 is 0 Å². The summed E-state index contributed by atoms with van der Waals surface area (Å²) in [7, 11) is 0. The molecule has 0 aromatic heterocycles. The number of hydrogen-bond donors (Lipinski definition) is 2. The standard InChI is InChI=1S/C23H34O4/c1-21-9-8-15(24)12-14(21)4-5-16-17-6-7-19(23(3)26-10-11-27-23)22(17,2)20(25)13-18(16)21/h4,6,15-16,18-20,24-25H,5,7-13H2,1-3H3/t15-,16-,18-,19-,20+,21-,22-/m0/s1. The summed E-state index contributed by atoms with van der Waals surface area (Å²) in [6.07, 6.45) is 9.80. The summed E-state index contributed by atoms with van der Waals surface area (Å²) in [6.45, 7) is 7.99. The van der Waals surface area contributed by atoms with Crippen molar-refractivity contribution in [2.45, 2.75) is 77.3 Å². The summed E-state index contributed by atoms with van der Waals surface area (Å²) in [4.78, 5) is 0. The van der Waals surface area contributed by atoms with Crippen molar-refractivity contribution in [3.63, 3.8) is 0 Å². The van der Waals surface area contributed by atoms with Crippen LogP contribution in [0.15, 0.2) is 23.3 Å². The molecule has 4 aliphatic carbocycles. The summed E-state index contributed by atoms with van der Waals surface area (Å²) in [5.74, 6) is 0.550. The minimum atomic E-state index is -0.588. The summed E-state index contributed by atoms with van der Waals surface area (Å²) in [6, 6.07) is 0. The van der Waals surface area contributed by atoms with E-state index in [0.717, 1.165) is 38.5 Å². The first-order valence-electron chi connectivity index (χ1n) is 10.8. The minimum Gasteiger partial charge on any atom is -0.393 e. The van der Waals surface area contributed by atoms with Crippen LogP contribution < -0.4 is 0 Å². The van der Waals surface area contributed by atoms with Gasteiger partial charge in [-0.15, -0.1) is 0 Å². The lowest BCUT2D eigenvalue weighted by Crippen LogP contribution is -2.57. The van der Waals surface area contributed by atoms with Crippen molar-refractivity contribution in [3.05, 3.63) is 23.3 Å². The number of rotatable bonds is 1. The Labute approximate surface area is 162 Å². The smallest absolute Gasteiger partial charge is 0.169 e. The molecule has 27 heavy (non-hydrogen) atoms. The second-order valence-corrected chi connectivity index (χ2v) is 10.2. The third kappa shape index (κ3) is 2.36. The first kappa shape index (κ1) is 18.4. The largest absolute Gasteiger partial charge is 0.393 e. The monoisotopic (exact) mass is 374 g/mol. The maximum absolute atomic E-state index is 11.5. The van der Waals surface area contributed by atoms with Gasteiger partial charge >= 0.3 is 0 Å². The van der Waals surface area contributed by atoms with Crippen LogP contribution in [0.1, 0.15) is 59.3 Å². The van der Waals surface area contributed by atoms with Gasteiger partial charge in [-0.25, -0.2) is 0 Å². The highest BCUT2D eigenvalue weighted by atomic mass is 16.7. The van der Waals surface area contributed by atoms with Crippen LogP contribution in [0.25, 0.3) is 0 Å². The number of fused-ring (bicyclic) bond motifs is 5. The zero-order valence-electron chi connectivity index (χ0n) is 16.9. The predicted molar refractivity (Wildman–Crippen MR) is 103 cm³/mol. The lowest BCUT2D eigenvalue weighted by atomic mass is 9.47. The Balaban J connectivity index is 1.51. The summed E-state index contributed by atoms with van der Waals surface area (Å²) in [5.41, 5.74) is 2.73. The van der Waals surface area contributed by atoms with Gasteiger partial charge in [0.15, 0.2) is 5.79 Å². The average Bonchev–Trinajstić information content (AvgIpc) is 3.22. The van der Waals surface area contributed by atoms with E-state index in [2.05, 4.69) is 32.9 Å². The molecule has 4 heteroatoms. The fourth-order valence-corrected chi connectivity index (χ4v) is 7.46. The van der Waals surface area contributed by atoms with Gasteiger partial charge in [-0.2, -0.15) is 0 Å². The fraction of sp³-hybridized carbons (Fsp3) is 0.826. The summed E-state index contributed by atoms with van der Waals surface area (Å²) in [5, 5.41) is 21.6. The van der Waals surface area contributed by atoms with Crippen molar-refractivity contribution in [2.24, 2.45) is 28.6 Å². The highest BCUT2D eigenvalue weighted by Crippen LogP contribution is 2.66. The van der Waals surface area contributed by atoms with Crippen molar-refractivity contribution in [1.29, 1.82) is 0 Å². The fourth-order valence-electron chi connectivity index (χ4n) is 7.46. The number of aliphatic hydroxyl groups excluding tert-OH is 2. The Morgan fingerprint density at radius 1 is 1.04 bits per heavy atom. The Morgan fingerprint density at radius 3 is 2.52 bits per heavy atom. The normalized spacial score (nSPS) is 51.1. The molecule has 0 amide bonds. The van der Waals surface area contributed by atoms with E-state index in [-0.39, 0.29) is 29.0 Å². The van der Waals surface area contributed by atoms with Gasteiger partial charge in [0.05, 0.1) is 25.4 Å². The molecule has 7 atom stereocenters. The number of aliphatic hydroxyl groups is 2. The molecule has 0 spiro atoms. The number of allylic oxidation sites excluding steroid dienone is 2. The Hall–Kier alpha value is -0.680. The second kappa shape index (κ2) is 5.91. The van der Waals surface area contributed by atoms with Gasteiger partial charge in [0.25, 0.3) is 0 Å². The molecule has 4 nitrogen and oxygen atoms in total. The van der Waals surface area contributed by atoms with Crippen LogP contribution in [0.4, 0.5) is 0 Å². The van der Waals surface area contributed by atoms with Crippen LogP contribution in [0, 0.1) is 28.6 Å². The van der Waals surface area contributed by atoms with Gasteiger partial charge in [0.2, 0.25) is 0 Å². The van der Waals surface area contributed by atoms with Crippen LogP contribution in [0.5, 0.6) is 0 Å². The number of ether oxygens (including phenoxy) is 2. The highest BCUT2D eigenvalue weighted by molar-refractivity contribution is 5.37. The first-order valence-corrected chi connectivity index (χ1v) is 10.8. The third-order valence-electron chi connectivity index (χ3n) is 9.09. The zero-order valence-corrected chi connectivity index (χ0v) is 16.9. The molecule has 0 aromatic carbocycles. The molecule has 3 fully saturated rings. The predicted octanol–water partition coefficient (Wildman–Crippen LogP) is 3.58. The molecule has 1 heterocycles. The van der Waals surface area contributed by atoms with E-state index in [1.807, 2.05) is 0 Å². The molecule has 0 aromatic rings. The summed E-state index contributed by atoms with van der Waals surface area (Å²) < 4.78 is 12.1. The van der Waals surface area contributed by atoms with E-state index in [1.165, 1.54) is 11.1 Å². The average molecular weight is 375 g/mol. The van der Waals surface area contributed by atoms with Gasteiger partial charge in [-0.3, -0.25) is 0 Å². The Kier molecular flexibility index (Phi) is 4.02. The molecular weight excluding hydrogens is 340 g/mol. The molecule has 5 aliphatic rings. The molecule has 2 saturated carbocycles. The molecule has 0 bridgehead atoms. The molecule has 2 N–H and O–H groups in total. The molecule has 0 unspecified atom stereocenters. The van der Waals surface area contributed by atoms with Crippen LogP contribution in [0.2, 0.25) is 0 Å². The van der Waals surface area contributed by atoms with Crippen molar-refractivity contribution >= 4 is 0 Å². The summed E-state index contributed by atoms with van der Waals surface area (Å²) >= 11 is 0. The van der Waals surface area contributed by atoms with E-state index in [4.69, 9.17) is 9.47 Å². The molecule has 0 radical (unpaired) electrons. The lowest BCUT2D eigenvalue weighted by molar-refractivity contribution is -0.218. The first-order chi connectivity index (χ1) is 12.8. The molecule has 1 saturated heterocycles. The molecular formula is C23H34O4. The SMILES string of the molecule is CC1([C@H]2CC=C3[C@@H]4CC=C5C[C@@H](O)CC[C@]5(C)[C@H]4C[C@@H](O)[C@@]32C)OCCO1. The van der Waals surface area contributed by atoms with E-state index in [9.17, 15) is 10.2 Å². The van der Waals surface area contributed by atoms with Crippen molar-refractivity contribution in [3.8, 4) is 0 Å². The quantitative estimate of drug-likeness (QED) is 0.689. The van der Waals surface area contributed by atoms with Gasteiger partial charge in [0, 0.05) is 11.3 Å². The Bertz CT molecular complexity index is 690. The van der Waals surface area contributed by atoms with E-state index < -0.39 is 5.79 Å². The topological polar surface area (TPSA) is 58.9 Å². The lowest BCUT2D eigenvalue weighted by Gasteiger charge is -2.58. The van der Waals surface area contributed by atoms with E-state index in [0.29, 0.717) is 25.0 Å². The molecule has 150 valence electrons. The van der Waals surface area contributed by atoms with E-state index >= 15 is 0 Å². The van der Waals surface area contributed by atoms with Gasteiger partial charge in [-0.05, 0) is 62.7 Å². The third-order valence-corrected chi connectivity index (χ3v) is 9.09. The van der Waals surface area contributed by atoms with Crippen molar-refractivity contribution in [1.82, 2.24) is 0 Å². The minimum absolute atomic E-state index is 0.119. The maximum atomic E-state index is 11.5.